The molecule has 0 bridgehead atoms. The number of oxazole rings is 1. The van der Waals surface area contributed by atoms with Crippen molar-refractivity contribution in [3.05, 3.63) is 17.8 Å². The monoisotopic (exact) mass is 239 g/mol. The van der Waals surface area contributed by atoms with E-state index in [1.54, 1.807) is 0 Å². The van der Waals surface area contributed by atoms with Gasteiger partial charge < -0.3 is 19.8 Å². The second-order valence-electron chi connectivity index (χ2n) is 4.05. The molecule has 1 fully saturated rings. The summed E-state index contributed by atoms with van der Waals surface area (Å²) < 4.78 is 10.4. The number of urea groups is 1. The average molecular weight is 239 g/mol. The fraction of sp³-hybridized carbons (Fsp3) is 0.636. The molecule has 1 aliphatic heterocycles. The van der Waals surface area contributed by atoms with Gasteiger partial charge in [0.2, 0.25) is 0 Å². The predicted octanol–water partition coefficient (Wildman–Crippen LogP) is 0.961. The van der Waals surface area contributed by atoms with Crippen molar-refractivity contribution < 1.29 is 13.9 Å². The van der Waals surface area contributed by atoms with Crippen molar-refractivity contribution in [2.75, 3.05) is 13.2 Å². The Kier molecular flexibility index (Phi) is 3.98. The smallest absolute Gasteiger partial charge is 0.315 e. The van der Waals surface area contributed by atoms with Gasteiger partial charge in [0.25, 0.3) is 0 Å². The Morgan fingerprint density at radius 3 is 3.12 bits per heavy atom. The van der Waals surface area contributed by atoms with E-state index in [1.807, 2.05) is 6.92 Å². The molecule has 1 saturated heterocycles. The lowest BCUT2D eigenvalue weighted by atomic mass is 10.2. The Morgan fingerprint density at radius 1 is 1.59 bits per heavy atom. The number of hydrogen-bond acceptors (Lipinski definition) is 4. The van der Waals surface area contributed by atoms with E-state index in [0.717, 1.165) is 30.9 Å². The van der Waals surface area contributed by atoms with Crippen molar-refractivity contribution in [3.8, 4) is 0 Å². The normalized spacial score (nSPS) is 19.2. The highest BCUT2D eigenvalue weighted by molar-refractivity contribution is 5.73. The lowest BCUT2D eigenvalue weighted by Gasteiger charge is -2.11. The Morgan fingerprint density at radius 2 is 2.47 bits per heavy atom. The number of rotatable bonds is 4. The summed E-state index contributed by atoms with van der Waals surface area (Å²) in [5.74, 6) is 0.726. The maximum Gasteiger partial charge on any atom is 0.315 e. The molecule has 6 nitrogen and oxygen atoms in total. The molecule has 1 aromatic rings. The SMILES string of the molecule is Cc1ocnc1CNC(=O)NC[C@@H]1CCCO1. The second kappa shape index (κ2) is 5.67. The molecule has 2 N–H and O–H groups in total. The third-order valence-electron chi connectivity index (χ3n) is 2.78. The van der Waals surface area contributed by atoms with Gasteiger partial charge in [-0.25, -0.2) is 9.78 Å². The van der Waals surface area contributed by atoms with Crippen LogP contribution in [0, 0.1) is 6.92 Å². The zero-order valence-corrected chi connectivity index (χ0v) is 9.86. The van der Waals surface area contributed by atoms with Gasteiger partial charge in [0.15, 0.2) is 6.39 Å². The van der Waals surface area contributed by atoms with Crippen molar-refractivity contribution in [2.24, 2.45) is 0 Å². The molecule has 2 heterocycles. The number of aryl methyl sites for hydroxylation is 1. The molecule has 2 amide bonds. The minimum atomic E-state index is -0.206. The highest BCUT2D eigenvalue weighted by atomic mass is 16.5. The van der Waals surface area contributed by atoms with Crippen LogP contribution < -0.4 is 10.6 Å². The molecule has 0 spiro atoms. The van der Waals surface area contributed by atoms with Crippen LogP contribution in [0.25, 0.3) is 0 Å². The quantitative estimate of drug-likeness (QED) is 0.820. The first kappa shape index (κ1) is 11.9. The van der Waals surface area contributed by atoms with Crippen LogP contribution in [-0.4, -0.2) is 30.3 Å². The van der Waals surface area contributed by atoms with E-state index in [-0.39, 0.29) is 12.1 Å². The summed E-state index contributed by atoms with van der Waals surface area (Å²) in [7, 11) is 0. The van der Waals surface area contributed by atoms with E-state index in [4.69, 9.17) is 9.15 Å². The van der Waals surface area contributed by atoms with Crippen LogP contribution in [0.2, 0.25) is 0 Å². The van der Waals surface area contributed by atoms with Gasteiger partial charge in [-0.3, -0.25) is 0 Å². The number of aromatic nitrogens is 1. The molecule has 0 unspecified atom stereocenters. The molecule has 94 valence electrons. The molecule has 6 heteroatoms. The molecule has 17 heavy (non-hydrogen) atoms. The molecule has 1 atom stereocenters. The second-order valence-corrected chi connectivity index (χ2v) is 4.05. The molecule has 0 saturated carbocycles. The predicted molar refractivity (Wildman–Crippen MR) is 60.5 cm³/mol. The zero-order valence-electron chi connectivity index (χ0n) is 9.86. The largest absolute Gasteiger partial charge is 0.448 e. The lowest BCUT2D eigenvalue weighted by Crippen LogP contribution is -2.39. The summed E-state index contributed by atoms with van der Waals surface area (Å²) in [6.07, 6.45) is 3.63. The van der Waals surface area contributed by atoms with Gasteiger partial charge in [0, 0.05) is 13.2 Å². The van der Waals surface area contributed by atoms with Gasteiger partial charge in [-0.05, 0) is 19.8 Å². The summed E-state index contributed by atoms with van der Waals surface area (Å²) in [4.78, 5) is 15.5. The van der Waals surface area contributed by atoms with Crippen molar-refractivity contribution in [1.29, 1.82) is 0 Å². The van der Waals surface area contributed by atoms with E-state index in [2.05, 4.69) is 15.6 Å². The Balaban J connectivity index is 1.65. The van der Waals surface area contributed by atoms with Crippen molar-refractivity contribution >= 4 is 6.03 Å². The number of carbonyl (C=O) groups is 1. The summed E-state index contributed by atoms with van der Waals surface area (Å²) in [6, 6.07) is -0.206. The van der Waals surface area contributed by atoms with E-state index in [1.165, 1.54) is 6.39 Å². The fourth-order valence-electron chi connectivity index (χ4n) is 1.74. The molecule has 0 aromatic carbocycles. The third-order valence-corrected chi connectivity index (χ3v) is 2.78. The van der Waals surface area contributed by atoms with Gasteiger partial charge >= 0.3 is 6.03 Å². The number of nitrogens with zero attached hydrogens (tertiary/aromatic N) is 1. The van der Waals surface area contributed by atoms with E-state index < -0.39 is 0 Å². The first-order valence-corrected chi connectivity index (χ1v) is 5.78. The van der Waals surface area contributed by atoms with Crippen LogP contribution in [0.5, 0.6) is 0 Å². The molecule has 1 aliphatic rings. The maximum absolute atomic E-state index is 11.5. The zero-order chi connectivity index (χ0) is 12.1. The molecule has 1 aromatic heterocycles. The summed E-state index contributed by atoms with van der Waals surface area (Å²) >= 11 is 0. The van der Waals surface area contributed by atoms with E-state index >= 15 is 0 Å². The molecule has 0 aliphatic carbocycles. The standard InChI is InChI=1S/C11H17N3O3/c1-8-10(14-7-17-8)6-13-11(15)12-5-9-3-2-4-16-9/h7,9H,2-6H2,1H3,(H2,12,13,15)/t9-/m0/s1. The van der Waals surface area contributed by atoms with Gasteiger partial charge in [0.05, 0.1) is 12.6 Å². The molecular formula is C11H17N3O3. The minimum absolute atomic E-state index is 0.162. The van der Waals surface area contributed by atoms with Crippen LogP contribution in [0.15, 0.2) is 10.8 Å². The van der Waals surface area contributed by atoms with Crippen LogP contribution >= 0.6 is 0 Å². The number of nitrogens with one attached hydrogen (secondary N) is 2. The highest BCUT2D eigenvalue weighted by Crippen LogP contribution is 2.10. The molecule has 2 rings (SSSR count). The molecular weight excluding hydrogens is 222 g/mol. The van der Waals surface area contributed by atoms with Gasteiger partial charge in [-0.1, -0.05) is 0 Å². The first-order chi connectivity index (χ1) is 8.25. The minimum Gasteiger partial charge on any atom is -0.448 e. The Hall–Kier alpha value is -1.56. The number of amides is 2. The van der Waals surface area contributed by atoms with Crippen molar-refractivity contribution in [2.45, 2.75) is 32.4 Å². The summed E-state index contributed by atoms with van der Waals surface area (Å²) in [6.45, 7) is 3.55. The van der Waals surface area contributed by atoms with Crippen molar-refractivity contribution in [3.63, 3.8) is 0 Å². The van der Waals surface area contributed by atoms with Crippen LogP contribution in [0.3, 0.4) is 0 Å². The van der Waals surface area contributed by atoms with Crippen LogP contribution in [0.4, 0.5) is 4.79 Å². The summed E-state index contributed by atoms with van der Waals surface area (Å²) in [5.41, 5.74) is 0.747. The van der Waals surface area contributed by atoms with Crippen LogP contribution in [-0.2, 0) is 11.3 Å². The summed E-state index contributed by atoms with van der Waals surface area (Å²) in [5, 5.41) is 5.49. The number of carbonyl (C=O) groups excluding carboxylic acids is 1. The molecule has 0 radical (unpaired) electrons. The number of hydrogen-bond donors (Lipinski definition) is 2. The highest BCUT2D eigenvalue weighted by Gasteiger charge is 2.16. The third kappa shape index (κ3) is 3.45. The topological polar surface area (TPSA) is 76.4 Å². The maximum atomic E-state index is 11.5. The average Bonchev–Trinajstić information content (AvgIpc) is 2.95. The van der Waals surface area contributed by atoms with E-state index in [0.29, 0.717) is 13.1 Å². The lowest BCUT2D eigenvalue weighted by molar-refractivity contribution is 0.111. The first-order valence-electron chi connectivity index (χ1n) is 5.78. The van der Waals surface area contributed by atoms with Crippen molar-refractivity contribution in [1.82, 2.24) is 15.6 Å². The van der Waals surface area contributed by atoms with Gasteiger partial charge in [-0.15, -0.1) is 0 Å². The van der Waals surface area contributed by atoms with Gasteiger partial charge in [0.1, 0.15) is 11.5 Å². The number of ether oxygens (including phenoxy) is 1. The fourth-order valence-corrected chi connectivity index (χ4v) is 1.74. The van der Waals surface area contributed by atoms with E-state index in [9.17, 15) is 4.79 Å². The Bertz CT molecular complexity index is 372. The van der Waals surface area contributed by atoms with Crippen LogP contribution in [0.1, 0.15) is 24.3 Å². The Labute approximate surface area is 99.7 Å². The van der Waals surface area contributed by atoms with Gasteiger partial charge in [-0.2, -0.15) is 0 Å².